The first kappa shape index (κ1) is 25.9. The maximum atomic E-state index is 14.0. The van der Waals surface area contributed by atoms with Gasteiger partial charge in [0.15, 0.2) is 0 Å². The normalized spacial score (nSPS) is 14.6. The van der Waals surface area contributed by atoms with Crippen LogP contribution < -0.4 is 19.7 Å². The van der Waals surface area contributed by atoms with E-state index in [0.717, 1.165) is 17.7 Å². The molecule has 0 saturated carbocycles. The van der Waals surface area contributed by atoms with Crippen molar-refractivity contribution < 1.29 is 28.2 Å². The number of hydrogen-bond acceptors (Lipinski definition) is 5. The van der Waals surface area contributed by atoms with Crippen LogP contribution >= 0.6 is 11.6 Å². The molecule has 3 aromatic carbocycles. The summed E-state index contributed by atoms with van der Waals surface area (Å²) >= 11 is 6.15. The third-order valence-corrected chi connectivity index (χ3v) is 5.81. The number of carbonyl (C=O) groups is 3. The third-order valence-electron chi connectivity index (χ3n) is 5.58. The maximum Gasteiger partial charge on any atom is 0.335 e. The smallest absolute Gasteiger partial charge is 0.335 e. The molecule has 0 radical (unpaired) electrons. The molecule has 0 unspecified atom stereocenters. The second-order valence-electron chi connectivity index (χ2n) is 8.22. The number of nitrogens with zero attached hydrogens (tertiary/aromatic N) is 1. The number of ether oxygens (including phenoxy) is 2. The van der Waals surface area contributed by atoms with E-state index in [0.29, 0.717) is 28.5 Å². The Morgan fingerprint density at radius 2 is 1.76 bits per heavy atom. The van der Waals surface area contributed by atoms with Crippen molar-refractivity contribution in [2.24, 2.45) is 0 Å². The van der Waals surface area contributed by atoms with E-state index in [1.54, 1.807) is 54.6 Å². The van der Waals surface area contributed by atoms with Gasteiger partial charge in [0.05, 0.1) is 12.3 Å². The van der Waals surface area contributed by atoms with Gasteiger partial charge in [0.25, 0.3) is 11.8 Å². The number of halogens is 2. The Morgan fingerprint density at radius 3 is 2.49 bits per heavy atom. The number of nitrogens with one attached hydrogen (secondary N) is 1. The zero-order valence-corrected chi connectivity index (χ0v) is 20.8. The van der Waals surface area contributed by atoms with Gasteiger partial charge in [0, 0.05) is 16.1 Å². The van der Waals surface area contributed by atoms with Gasteiger partial charge in [-0.2, -0.15) is 0 Å². The number of imide groups is 2. The number of carbonyl (C=O) groups excluding carboxylic acids is 3. The van der Waals surface area contributed by atoms with Crippen molar-refractivity contribution in [1.29, 1.82) is 0 Å². The fourth-order valence-corrected chi connectivity index (χ4v) is 3.79. The zero-order chi connectivity index (χ0) is 26.4. The second-order valence-corrected chi connectivity index (χ2v) is 8.65. The molecule has 4 rings (SSSR count). The van der Waals surface area contributed by atoms with Crippen molar-refractivity contribution in [3.8, 4) is 11.5 Å². The van der Waals surface area contributed by atoms with Crippen molar-refractivity contribution >= 4 is 41.2 Å². The van der Waals surface area contributed by atoms with Gasteiger partial charge in [0.1, 0.15) is 29.5 Å². The van der Waals surface area contributed by atoms with Crippen LogP contribution in [0, 0.1) is 5.82 Å². The molecule has 1 saturated heterocycles. The molecule has 1 aliphatic heterocycles. The molecule has 7 nitrogen and oxygen atoms in total. The average Bonchev–Trinajstić information content (AvgIpc) is 2.88. The monoisotopic (exact) mass is 522 g/mol. The van der Waals surface area contributed by atoms with Crippen molar-refractivity contribution in [3.63, 3.8) is 0 Å². The highest BCUT2D eigenvalue weighted by Crippen LogP contribution is 2.29. The summed E-state index contributed by atoms with van der Waals surface area (Å²) in [5.41, 5.74) is 0.629. The number of barbiturate groups is 1. The third kappa shape index (κ3) is 6.16. The quantitative estimate of drug-likeness (QED) is 0.215. The molecule has 0 bridgehead atoms. The summed E-state index contributed by atoms with van der Waals surface area (Å²) in [4.78, 5) is 39.3. The molecule has 1 heterocycles. The van der Waals surface area contributed by atoms with E-state index in [2.05, 4.69) is 12.2 Å². The van der Waals surface area contributed by atoms with Gasteiger partial charge < -0.3 is 9.47 Å². The molecule has 0 atom stereocenters. The molecule has 0 aromatic heterocycles. The SMILES string of the molecule is CCCCOc1ccc(N2C(=O)NC(=O)/C(=C/c3cc(Cl)ccc3OCc3ccccc3F)C2=O)cc1. The summed E-state index contributed by atoms with van der Waals surface area (Å²) in [5.74, 6) is -1.21. The first-order valence-corrected chi connectivity index (χ1v) is 12.0. The standard InChI is InChI=1S/C28H24ClFN2O5/c1-2-3-14-36-22-11-9-21(10-12-22)32-27(34)23(26(33)31-28(32)35)16-19-15-20(29)8-13-25(19)37-17-18-6-4-5-7-24(18)30/h4-13,15-16H,2-3,14,17H2,1H3,(H,31,33,35)/b23-16-. The summed E-state index contributed by atoms with van der Waals surface area (Å²) in [7, 11) is 0. The van der Waals surface area contributed by atoms with Gasteiger partial charge in [-0.15, -0.1) is 0 Å². The van der Waals surface area contributed by atoms with E-state index >= 15 is 0 Å². The topological polar surface area (TPSA) is 84.9 Å². The van der Waals surface area contributed by atoms with Crippen LogP contribution in [0.25, 0.3) is 6.08 Å². The first-order valence-electron chi connectivity index (χ1n) is 11.7. The Morgan fingerprint density at radius 1 is 1.00 bits per heavy atom. The van der Waals surface area contributed by atoms with Crippen LogP contribution in [-0.4, -0.2) is 24.5 Å². The number of urea groups is 1. The molecule has 1 aliphatic rings. The molecule has 0 spiro atoms. The zero-order valence-electron chi connectivity index (χ0n) is 20.0. The Bertz CT molecular complexity index is 1360. The van der Waals surface area contributed by atoms with Crippen molar-refractivity contribution in [2.45, 2.75) is 26.4 Å². The molecular weight excluding hydrogens is 499 g/mol. The highest BCUT2D eigenvalue weighted by atomic mass is 35.5. The minimum Gasteiger partial charge on any atom is -0.494 e. The summed E-state index contributed by atoms with van der Waals surface area (Å²) in [6.45, 7) is 2.53. The average molecular weight is 523 g/mol. The van der Waals surface area contributed by atoms with Crippen LogP contribution in [0.3, 0.4) is 0 Å². The van der Waals surface area contributed by atoms with Gasteiger partial charge >= 0.3 is 6.03 Å². The number of benzene rings is 3. The Kier molecular flexibility index (Phi) is 8.20. The van der Waals surface area contributed by atoms with E-state index in [4.69, 9.17) is 21.1 Å². The van der Waals surface area contributed by atoms with Gasteiger partial charge in [-0.25, -0.2) is 14.1 Å². The lowest BCUT2D eigenvalue weighted by atomic mass is 10.1. The predicted octanol–water partition coefficient (Wildman–Crippen LogP) is 5.90. The molecule has 9 heteroatoms. The minimum absolute atomic E-state index is 0.0814. The van der Waals surface area contributed by atoms with Crippen LogP contribution in [0.4, 0.5) is 14.9 Å². The minimum atomic E-state index is -0.867. The van der Waals surface area contributed by atoms with Crippen LogP contribution in [0.5, 0.6) is 11.5 Å². The molecule has 190 valence electrons. The maximum absolute atomic E-state index is 14.0. The van der Waals surface area contributed by atoms with Gasteiger partial charge in [-0.05, 0) is 61.0 Å². The molecule has 1 N–H and O–H groups in total. The highest BCUT2D eigenvalue weighted by molar-refractivity contribution is 6.39. The summed E-state index contributed by atoms with van der Waals surface area (Å²) < 4.78 is 25.4. The lowest BCUT2D eigenvalue weighted by molar-refractivity contribution is -0.122. The van der Waals surface area contributed by atoms with Crippen LogP contribution in [0.2, 0.25) is 5.02 Å². The Hall–Kier alpha value is -4.17. The lowest BCUT2D eigenvalue weighted by Crippen LogP contribution is -2.54. The summed E-state index contributed by atoms with van der Waals surface area (Å²) in [6.07, 6.45) is 3.19. The Balaban J connectivity index is 1.60. The van der Waals surface area contributed by atoms with E-state index in [1.807, 2.05) is 0 Å². The van der Waals surface area contributed by atoms with Crippen molar-refractivity contribution in [1.82, 2.24) is 5.32 Å². The molecule has 1 fully saturated rings. The summed E-state index contributed by atoms with van der Waals surface area (Å²) in [5, 5.41) is 2.52. The summed E-state index contributed by atoms with van der Waals surface area (Å²) in [6, 6.07) is 16.4. The molecule has 37 heavy (non-hydrogen) atoms. The van der Waals surface area contributed by atoms with E-state index in [-0.39, 0.29) is 23.6 Å². The van der Waals surface area contributed by atoms with Crippen LogP contribution in [0.15, 0.2) is 72.3 Å². The van der Waals surface area contributed by atoms with Gasteiger partial charge in [-0.1, -0.05) is 43.1 Å². The van der Waals surface area contributed by atoms with Gasteiger partial charge in [0.2, 0.25) is 0 Å². The van der Waals surface area contributed by atoms with E-state index in [1.165, 1.54) is 18.2 Å². The number of hydrogen-bond donors (Lipinski definition) is 1. The fraction of sp³-hybridized carbons (Fsp3) is 0.179. The number of rotatable bonds is 9. The van der Waals surface area contributed by atoms with E-state index in [9.17, 15) is 18.8 Å². The number of unbranched alkanes of at least 4 members (excludes halogenated alkanes) is 1. The largest absolute Gasteiger partial charge is 0.494 e. The number of amides is 4. The second kappa shape index (κ2) is 11.7. The molecule has 4 amide bonds. The van der Waals surface area contributed by atoms with Crippen LogP contribution in [-0.2, 0) is 16.2 Å². The van der Waals surface area contributed by atoms with Crippen molar-refractivity contribution in [2.75, 3.05) is 11.5 Å². The van der Waals surface area contributed by atoms with Gasteiger partial charge in [-0.3, -0.25) is 14.9 Å². The Labute approximate surface area is 218 Å². The highest BCUT2D eigenvalue weighted by Gasteiger charge is 2.37. The molecule has 0 aliphatic carbocycles. The fourth-order valence-electron chi connectivity index (χ4n) is 3.61. The lowest BCUT2D eigenvalue weighted by Gasteiger charge is -2.26. The molecule has 3 aromatic rings. The van der Waals surface area contributed by atoms with Crippen molar-refractivity contribution in [3.05, 3.63) is 94.3 Å². The van der Waals surface area contributed by atoms with E-state index < -0.39 is 23.7 Å². The predicted molar refractivity (Wildman–Crippen MR) is 138 cm³/mol. The van der Waals surface area contributed by atoms with Crippen LogP contribution in [0.1, 0.15) is 30.9 Å². The first-order chi connectivity index (χ1) is 17.9. The molecular formula is C28H24ClFN2O5. The number of anilines is 1.